The predicted octanol–water partition coefficient (Wildman–Crippen LogP) is 4.34. The van der Waals surface area contributed by atoms with Crippen LogP contribution in [0.5, 0.6) is 0 Å². The van der Waals surface area contributed by atoms with E-state index in [2.05, 4.69) is 38.1 Å². The number of nitrogens with two attached hydrogens (primary N) is 1. The van der Waals surface area contributed by atoms with E-state index >= 15 is 0 Å². The molecular weight excluding hydrogens is 392 g/mol. The fourth-order valence-corrected chi connectivity index (χ4v) is 5.74. The molecule has 2 heterocycles. The Morgan fingerprint density at radius 1 is 1.20 bits per heavy atom. The van der Waals surface area contributed by atoms with Gasteiger partial charge in [0.25, 0.3) is 0 Å². The zero-order chi connectivity index (χ0) is 21.6. The Balaban J connectivity index is 1.91. The number of hydrogen-bond acceptors (Lipinski definition) is 6. The highest BCUT2D eigenvalue weighted by molar-refractivity contribution is 7.12. The van der Waals surface area contributed by atoms with Crippen LogP contribution in [-0.2, 0) is 4.79 Å². The van der Waals surface area contributed by atoms with Crippen molar-refractivity contribution in [3.63, 3.8) is 0 Å². The molecule has 0 unspecified atom stereocenters. The van der Waals surface area contributed by atoms with E-state index in [1.54, 1.807) is 11.3 Å². The van der Waals surface area contributed by atoms with Crippen molar-refractivity contribution in [1.82, 2.24) is 10.0 Å². The highest BCUT2D eigenvalue weighted by Crippen LogP contribution is 2.49. The SMILES string of the molecule is Cc1cc([C@H]2C(C#N)=C(N)N(N(C)C)C3=C2C(=O)C[C@H](c2ccccc2)C3)c(C)s1. The predicted molar refractivity (Wildman–Crippen MR) is 119 cm³/mol. The summed E-state index contributed by atoms with van der Waals surface area (Å²) in [6, 6.07) is 14.6. The highest BCUT2D eigenvalue weighted by Gasteiger charge is 2.43. The van der Waals surface area contributed by atoms with Gasteiger partial charge in [0, 0.05) is 41.5 Å². The van der Waals surface area contributed by atoms with E-state index in [0.29, 0.717) is 24.2 Å². The van der Waals surface area contributed by atoms with Gasteiger partial charge in [-0.3, -0.25) is 9.80 Å². The minimum absolute atomic E-state index is 0.0993. The van der Waals surface area contributed by atoms with Crippen LogP contribution in [0.25, 0.3) is 0 Å². The average molecular weight is 419 g/mol. The number of thiophene rings is 1. The van der Waals surface area contributed by atoms with Crippen molar-refractivity contribution < 1.29 is 4.79 Å². The van der Waals surface area contributed by atoms with Gasteiger partial charge in [0.2, 0.25) is 0 Å². The van der Waals surface area contributed by atoms with Gasteiger partial charge >= 0.3 is 0 Å². The molecule has 0 radical (unpaired) electrons. The topological polar surface area (TPSA) is 73.4 Å². The summed E-state index contributed by atoms with van der Waals surface area (Å²) in [4.78, 5) is 15.9. The van der Waals surface area contributed by atoms with Crippen LogP contribution < -0.4 is 5.73 Å². The zero-order valence-electron chi connectivity index (χ0n) is 17.8. The molecule has 1 aliphatic heterocycles. The number of allylic oxidation sites excluding steroid dienone is 3. The van der Waals surface area contributed by atoms with Gasteiger partial charge in [-0.25, -0.2) is 5.01 Å². The number of Topliss-reactive ketones (excluding diaryl/α,β-unsaturated/α-hetero) is 1. The summed E-state index contributed by atoms with van der Waals surface area (Å²) < 4.78 is 0. The molecule has 2 atom stereocenters. The van der Waals surface area contributed by atoms with Crippen LogP contribution in [-0.4, -0.2) is 29.9 Å². The summed E-state index contributed by atoms with van der Waals surface area (Å²) in [6.07, 6.45) is 1.16. The van der Waals surface area contributed by atoms with Crippen molar-refractivity contribution in [3.8, 4) is 6.07 Å². The Bertz CT molecular complexity index is 1100. The number of nitrogens with zero attached hydrogens (tertiary/aromatic N) is 3. The summed E-state index contributed by atoms with van der Waals surface area (Å²) in [5.74, 6) is 0.221. The van der Waals surface area contributed by atoms with E-state index < -0.39 is 5.92 Å². The Labute approximate surface area is 181 Å². The van der Waals surface area contributed by atoms with Crippen LogP contribution in [0.2, 0.25) is 0 Å². The van der Waals surface area contributed by atoms with E-state index in [0.717, 1.165) is 27.3 Å². The van der Waals surface area contributed by atoms with Crippen molar-refractivity contribution in [2.45, 2.75) is 38.5 Å². The molecule has 6 heteroatoms. The van der Waals surface area contributed by atoms with Crippen molar-refractivity contribution in [2.75, 3.05) is 14.1 Å². The first-order chi connectivity index (χ1) is 14.3. The van der Waals surface area contributed by atoms with E-state index in [4.69, 9.17) is 5.73 Å². The number of nitriles is 1. The molecule has 2 aliphatic rings. The molecular formula is C24H26N4OS. The number of carbonyl (C=O) groups is 1. The maximum atomic E-state index is 13.6. The zero-order valence-corrected chi connectivity index (χ0v) is 18.6. The molecule has 0 saturated heterocycles. The third-order valence-corrected chi connectivity index (χ3v) is 6.98. The summed E-state index contributed by atoms with van der Waals surface area (Å²) in [5.41, 5.74) is 10.8. The molecule has 1 aliphatic carbocycles. The van der Waals surface area contributed by atoms with Gasteiger partial charge in [-0.1, -0.05) is 30.3 Å². The molecule has 30 heavy (non-hydrogen) atoms. The lowest BCUT2D eigenvalue weighted by Crippen LogP contribution is -2.46. The quantitative estimate of drug-likeness (QED) is 0.803. The minimum Gasteiger partial charge on any atom is -0.383 e. The Morgan fingerprint density at radius 2 is 1.90 bits per heavy atom. The van der Waals surface area contributed by atoms with Crippen LogP contribution >= 0.6 is 11.3 Å². The van der Waals surface area contributed by atoms with Crippen molar-refractivity contribution in [2.24, 2.45) is 5.73 Å². The first-order valence-electron chi connectivity index (χ1n) is 10.1. The number of benzene rings is 1. The fourth-order valence-electron chi connectivity index (χ4n) is 4.78. The first kappa shape index (κ1) is 20.4. The van der Waals surface area contributed by atoms with Gasteiger partial charge in [-0.15, -0.1) is 11.3 Å². The molecule has 0 bridgehead atoms. The monoisotopic (exact) mass is 418 g/mol. The van der Waals surface area contributed by atoms with Crippen molar-refractivity contribution in [1.29, 1.82) is 5.26 Å². The largest absolute Gasteiger partial charge is 0.383 e. The maximum absolute atomic E-state index is 13.6. The van der Waals surface area contributed by atoms with Gasteiger partial charge in [-0.05, 0) is 43.4 Å². The van der Waals surface area contributed by atoms with Crippen LogP contribution in [0.1, 0.15) is 45.6 Å². The highest BCUT2D eigenvalue weighted by atomic mass is 32.1. The molecule has 0 fully saturated rings. The Kier molecular flexibility index (Phi) is 5.27. The van der Waals surface area contributed by atoms with Crippen LogP contribution in [0.3, 0.4) is 0 Å². The maximum Gasteiger partial charge on any atom is 0.162 e. The molecule has 2 aromatic rings. The number of ketones is 1. The smallest absolute Gasteiger partial charge is 0.162 e. The second-order valence-corrected chi connectivity index (χ2v) is 9.63. The molecule has 4 rings (SSSR count). The van der Waals surface area contributed by atoms with E-state index in [1.807, 2.05) is 42.3 Å². The summed E-state index contributed by atoms with van der Waals surface area (Å²) in [6.45, 7) is 4.11. The normalized spacial score (nSPS) is 21.9. The molecule has 0 amide bonds. The first-order valence-corrected chi connectivity index (χ1v) is 10.9. The van der Waals surface area contributed by atoms with Crippen LogP contribution in [0.15, 0.2) is 59.1 Å². The summed E-state index contributed by atoms with van der Waals surface area (Å²) in [5, 5.41) is 13.8. The van der Waals surface area contributed by atoms with E-state index in [9.17, 15) is 10.1 Å². The molecule has 5 nitrogen and oxygen atoms in total. The third kappa shape index (κ3) is 3.24. The number of rotatable bonds is 3. The van der Waals surface area contributed by atoms with Crippen molar-refractivity contribution in [3.05, 3.63) is 79.9 Å². The van der Waals surface area contributed by atoms with Gasteiger partial charge in [0.05, 0.1) is 17.6 Å². The molecule has 1 aromatic carbocycles. The molecule has 2 N–H and O–H groups in total. The lowest BCUT2D eigenvalue weighted by atomic mass is 9.72. The van der Waals surface area contributed by atoms with Crippen molar-refractivity contribution >= 4 is 17.1 Å². The second-order valence-electron chi connectivity index (χ2n) is 8.17. The van der Waals surface area contributed by atoms with E-state index in [-0.39, 0.29) is 11.7 Å². The van der Waals surface area contributed by atoms with Crippen LogP contribution in [0.4, 0.5) is 0 Å². The second kappa shape index (κ2) is 7.75. The summed E-state index contributed by atoms with van der Waals surface area (Å²) >= 11 is 1.69. The van der Waals surface area contributed by atoms with Crippen LogP contribution in [0, 0.1) is 25.2 Å². The number of carbonyl (C=O) groups excluding carboxylic acids is 1. The standard InChI is InChI=1S/C24H26N4OS/c1-14-10-18(15(2)30-14)22-19(13-25)24(26)28(27(3)4)20-11-17(12-21(29)23(20)22)16-8-6-5-7-9-16/h5-10,17,22H,11-12,26H2,1-4H3/t17-,22+/m1/s1. The van der Waals surface area contributed by atoms with Gasteiger partial charge in [0.1, 0.15) is 5.82 Å². The van der Waals surface area contributed by atoms with Gasteiger partial charge in [-0.2, -0.15) is 5.26 Å². The van der Waals surface area contributed by atoms with Gasteiger partial charge in [0.15, 0.2) is 5.78 Å². The van der Waals surface area contributed by atoms with Gasteiger partial charge < -0.3 is 5.73 Å². The Hall–Kier alpha value is -2.88. The molecule has 0 spiro atoms. The number of hydrazine groups is 1. The summed E-state index contributed by atoms with van der Waals surface area (Å²) in [7, 11) is 3.78. The number of hydrogen-bond donors (Lipinski definition) is 1. The lowest BCUT2D eigenvalue weighted by Gasteiger charge is -2.43. The fraction of sp³-hybridized carbons (Fsp3) is 0.333. The molecule has 1 aromatic heterocycles. The lowest BCUT2D eigenvalue weighted by molar-refractivity contribution is -0.117. The third-order valence-electron chi connectivity index (χ3n) is 6.00. The minimum atomic E-state index is -0.393. The average Bonchev–Trinajstić information content (AvgIpc) is 3.04. The molecule has 154 valence electrons. The van der Waals surface area contributed by atoms with E-state index in [1.165, 1.54) is 4.88 Å². The molecule has 0 saturated carbocycles. The Morgan fingerprint density at radius 3 is 2.47 bits per heavy atom. The number of aryl methyl sites for hydroxylation is 2.